The largest absolute Gasteiger partial charge is 0.488 e. The summed E-state index contributed by atoms with van der Waals surface area (Å²) in [5.74, 6) is -0.136. The summed E-state index contributed by atoms with van der Waals surface area (Å²) in [4.78, 5) is 12.5. The Morgan fingerprint density at radius 1 is 1.26 bits per heavy atom. The maximum atomic E-state index is 13.2. The van der Waals surface area contributed by atoms with Crippen molar-refractivity contribution in [1.29, 1.82) is 0 Å². The maximum Gasteiger partial charge on any atom is 0.259 e. The molecule has 3 rings (SSSR count). The van der Waals surface area contributed by atoms with Crippen LogP contribution in [0.25, 0.3) is 0 Å². The first-order chi connectivity index (χ1) is 11.0. The second kappa shape index (κ2) is 6.02. The lowest BCUT2D eigenvalue weighted by molar-refractivity contribution is 0.300. The molecule has 1 aromatic carbocycles. The van der Waals surface area contributed by atoms with Gasteiger partial charge < -0.3 is 10.1 Å². The Hall–Kier alpha value is -2.37. The molecule has 0 saturated carbocycles. The number of halogens is 2. The summed E-state index contributed by atoms with van der Waals surface area (Å²) < 4.78 is 33.8. The van der Waals surface area contributed by atoms with Crippen molar-refractivity contribution in [3.63, 3.8) is 0 Å². The zero-order valence-corrected chi connectivity index (χ0v) is 13.0. The van der Waals surface area contributed by atoms with Gasteiger partial charge in [0.2, 0.25) is 0 Å². The van der Waals surface area contributed by atoms with E-state index in [0.29, 0.717) is 35.7 Å². The lowest BCUT2D eigenvalue weighted by atomic mass is 10.2. The number of pyridine rings is 1. The van der Waals surface area contributed by atoms with Crippen LogP contribution in [-0.2, 0) is 19.6 Å². The second-order valence-corrected chi connectivity index (χ2v) is 5.75. The van der Waals surface area contributed by atoms with Gasteiger partial charge in [-0.3, -0.25) is 9.36 Å². The molecular weight excluding hydrogens is 302 g/mol. The molecule has 0 saturated heterocycles. The van der Waals surface area contributed by atoms with E-state index in [1.54, 1.807) is 10.6 Å². The van der Waals surface area contributed by atoms with E-state index in [9.17, 15) is 13.6 Å². The molecular formula is C17H18F2N2O2. The van der Waals surface area contributed by atoms with E-state index < -0.39 is 11.6 Å². The Kier molecular flexibility index (Phi) is 4.07. The molecule has 0 spiro atoms. The third-order valence-corrected chi connectivity index (χ3v) is 3.88. The van der Waals surface area contributed by atoms with Crippen LogP contribution in [0.1, 0.15) is 25.0 Å². The SMILES string of the molecule is CCc1c(OCc2cc(F)cc(F)c2)cc2n(c1=O)CC(C)N2. The molecule has 1 atom stereocenters. The minimum absolute atomic E-state index is 0.000126. The maximum absolute atomic E-state index is 13.2. The zero-order chi connectivity index (χ0) is 16.6. The van der Waals surface area contributed by atoms with Crippen molar-refractivity contribution >= 4 is 5.82 Å². The van der Waals surface area contributed by atoms with Gasteiger partial charge in [-0.25, -0.2) is 8.78 Å². The third-order valence-electron chi connectivity index (χ3n) is 3.88. The van der Waals surface area contributed by atoms with Gasteiger partial charge in [0.1, 0.15) is 29.8 Å². The number of fused-ring (bicyclic) bond motifs is 1. The van der Waals surface area contributed by atoms with Crippen molar-refractivity contribution in [2.75, 3.05) is 5.32 Å². The quantitative estimate of drug-likeness (QED) is 0.941. The monoisotopic (exact) mass is 320 g/mol. The first-order valence-electron chi connectivity index (χ1n) is 7.59. The highest BCUT2D eigenvalue weighted by molar-refractivity contribution is 5.49. The molecule has 122 valence electrons. The zero-order valence-electron chi connectivity index (χ0n) is 13.0. The molecule has 1 unspecified atom stereocenters. The van der Waals surface area contributed by atoms with Gasteiger partial charge in [-0.05, 0) is 31.0 Å². The van der Waals surface area contributed by atoms with Gasteiger partial charge in [-0.2, -0.15) is 0 Å². The van der Waals surface area contributed by atoms with Crippen LogP contribution in [0.5, 0.6) is 5.75 Å². The van der Waals surface area contributed by atoms with Gasteiger partial charge in [0.05, 0.1) is 5.56 Å². The Morgan fingerprint density at radius 2 is 1.96 bits per heavy atom. The highest BCUT2D eigenvalue weighted by Crippen LogP contribution is 2.26. The summed E-state index contributed by atoms with van der Waals surface area (Å²) in [7, 11) is 0. The van der Waals surface area contributed by atoms with Crippen molar-refractivity contribution in [1.82, 2.24) is 4.57 Å². The van der Waals surface area contributed by atoms with E-state index in [1.165, 1.54) is 12.1 Å². The molecule has 1 aromatic heterocycles. The summed E-state index contributed by atoms with van der Waals surface area (Å²) in [6, 6.07) is 5.21. The molecule has 0 bridgehead atoms. The lowest BCUT2D eigenvalue weighted by Crippen LogP contribution is -2.23. The standard InChI is InChI=1S/C17H18F2N2O2/c1-3-14-15(7-16-20-10(2)8-21(16)17(14)22)23-9-11-4-12(18)6-13(19)5-11/h4-7,10,20H,3,8-9H2,1-2H3. The molecule has 0 fully saturated rings. The molecule has 0 aliphatic carbocycles. The average molecular weight is 320 g/mol. The highest BCUT2D eigenvalue weighted by atomic mass is 19.1. The molecule has 2 heterocycles. The van der Waals surface area contributed by atoms with Gasteiger partial charge in [0, 0.05) is 24.7 Å². The van der Waals surface area contributed by atoms with Crippen molar-refractivity contribution in [2.24, 2.45) is 0 Å². The van der Waals surface area contributed by atoms with Crippen LogP contribution in [0.15, 0.2) is 29.1 Å². The molecule has 4 nitrogen and oxygen atoms in total. The van der Waals surface area contributed by atoms with Crippen LogP contribution in [0.4, 0.5) is 14.6 Å². The number of aromatic nitrogens is 1. The normalized spacial score (nSPS) is 16.1. The summed E-state index contributed by atoms with van der Waals surface area (Å²) in [5.41, 5.74) is 0.871. The van der Waals surface area contributed by atoms with Crippen molar-refractivity contribution in [3.05, 3.63) is 57.4 Å². The number of rotatable bonds is 4. The fourth-order valence-corrected chi connectivity index (χ4v) is 2.85. The summed E-state index contributed by atoms with van der Waals surface area (Å²) >= 11 is 0. The molecule has 0 amide bonds. The fraction of sp³-hybridized carbons (Fsp3) is 0.353. The van der Waals surface area contributed by atoms with E-state index >= 15 is 0 Å². The first-order valence-corrected chi connectivity index (χ1v) is 7.59. The van der Waals surface area contributed by atoms with Crippen LogP contribution >= 0.6 is 0 Å². The summed E-state index contributed by atoms with van der Waals surface area (Å²) in [6.45, 7) is 4.50. The average Bonchev–Trinajstić information content (AvgIpc) is 2.85. The van der Waals surface area contributed by atoms with Crippen molar-refractivity contribution < 1.29 is 13.5 Å². The number of benzene rings is 1. The van der Waals surface area contributed by atoms with Gasteiger partial charge in [0.25, 0.3) is 5.56 Å². The van der Waals surface area contributed by atoms with E-state index in [0.717, 1.165) is 6.07 Å². The van der Waals surface area contributed by atoms with E-state index in [2.05, 4.69) is 5.32 Å². The minimum atomic E-state index is -0.649. The Bertz CT molecular complexity index is 782. The topological polar surface area (TPSA) is 43.3 Å². The molecule has 1 N–H and O–H groups in total. The molecule has 1 aliphatic heterocycles. The Balaban J connectivity index is 1.90. The number of ether oxygens (including phenoxy) is 1. The van der Waals surface area contributed by atoms with Crippen LogP contribution in [-0.4, -0.2) is 10.6 Å². The van der Waals surface area contributed by atoms with Crippen LogP contribution in [0.2, 0.25) is 0 Å². The number of anilines is 1. The first kappa shape index (κ1) is 15.5. The third kappa shape index (κ3) is 3.06. The number of hydrogen-bond donors (Lipinski definition) is 1. The lowest BCUT2D eigenvalue weighted by Gasteiger charge is -2.13. The van der Waals surface area contributed by atoms with E-state index in [1.807, 2.05) is 13.8 Å². The molecule has 0 radical (unpaired) electrons. The summed E-state index contributed by atoms with van der Waals surface area (Å²) in [6.07, 6.45) is 0.528. The number of hydrogen-bond acceptors (Lipinski definition) is 3. The number of nitrogens with zero attached hydrogens (tertiary/aromatic N) is 1. The molecule has 6 heteroatoms. The van der Waals surface area contributed by atoms with Crippen LogP contribution in [0, 0.1) is 11.6 Å². The predicted molar refractivity (Wildman–Crippen MR) is 83.9 cm³/mol. The van der Waals surface area contributed by atoms with Crippen LogP contribution < -0.4 is 15.6 Å². The van der Waals surface area contributed by atoms with Gasteiger partial charge in [0.15, 0.2) is 0 Å². The van der Waals surface area contributed by atoms with Gasteiger partial charge in [-0.1, -0.05) is 6.92 Å². The minimum Gasteiger partial charge on any atom is -0.488 e. The fourth-order valence-electron chi connectivity index (χ4n) is 2.85. The van der Waals surface area contributed by atoms with Gasteiger partial charge in [-0.15, -0.1) is 0 Å². The van der Waals surface area contributed by atoms with Gasteiger partial charge >= 0.3 is 0 Å². The second-order valence-electron chi connectivity index (χ2n) is 5.75. The highest BCUT2D eigenvalue weighted by Gasteiger charge is 2.22. The van der Waals surface area contributed by atoms with Crippen molar-refractivity contribution in [3.8, 4) is 5.75 Å². The predicted octanol–water partition coefficient (Wildman–Crippen LogP) is 3.08. The van der Waals surface area contributed by atoms with Crippen molar-refractivity contribution in [2.45, 2.75) is 39.5 Å². The van der Waals surface area contributed by atoms with Crippen LogP contribution in [0.3, 0.4) is 0 Å². The Morgan fingerprint density at radius 3 is 2.61 bits per heavy atom. The molecule has 23 heavy (non-hydrogen) atoms. The molecule has 2 aromatic rings. The van der Waals surface area contributed by atoms with E-state index in [4.69, 9.17) is 4.74 Å². The van der Waals surface area contributed by atoms with E-state index in [-0.39, 0.29) is 18.2 Å². The summed E-state index contributed by atoms with van der Waals surface area (Å²) in [5, 5.41) is 3.21. The molecule has 1 aliphatic rings. The number of nitrogens with one attached hydrogen (secondary N) is 1. The smallest absolute Gasteiger partial charge is 0.259 e. The Labute approximate surface area is 132 Å².